The molecule has 0 bridgehead atoms. The van der Waals surface area contributed by atoms with Crippen LogP contribution in [0.4, 0.5) is 0 Å². The minimum Gasteiger partial charge on any atom is -0.373 e. The van der Waals surface area contributed by atoms with Crippen LogP contribution >= 0.6 is 0 Å². The fourth-order valence-electron chi connectivity index (χ4n) is 1.63. The van der Waals surface area contributed by atoms with E-state index in [0.717, 1.165) is 0 Å². The number of rotatable bonds is 4. The molecule has 1 heterocycles. The summed E-state index contributed by atoms with van der Waals surface area (Å²) in [6, 6.07) is 0. The lowest BCUT2D eigenvalue weighted by Gasteiger charge is -2.26. The smallest absolute Gasteiger partial charge is 0.240 e. The number of ether oxygens (including phenoxy) is 1. The van der Waals surface area contributed by atoms with E-state index >= 15 is 0 Å². The highest BCUT2D eigenvalue weighted by Crippen LogP contribution is 2.33. The van der Waals surface area contributed by atoms with Crippen molar-refractivity contribution in [1.29, 1.82) is 0 Å². The maximum absolute atomic E-state index is 5.45. The van der Waals surface area contributed by atoms with Crippen LogP contribution in [0.15, 0.2) is 4.52 Å². The molecule has 0 fully saturated rings. The van der Waals surface area contributed by atoms with Gasteiger partial charge >= 0.3 is 0 Å². The van der Waals surface area contributed by atoms with Crippen LogP contribution in [0, 0.1) is 5.41 Å². The zero-order valence-electron chi connectivity index (χ0n) is 12.5. The Balaban J connectivity index is 2.73. The first-order chi connectivity index (χ1) is 8.13. The first-order valence-electron chi connectivity index (χ1n) is 6.24. The third-order valence-corrected chi connectivity index (χ3v) is 2.51. The quantitative estimate of drug-likeness (QED) is 0.896. The summed E-state index contributed by atoms with van der Waals surface area (Å²) in [4.78, 5) is 4.39. The Morgan fingerprint density at radius 2 is 1.83 bits per heavy atom. The molecule has 0 amide bonds. The van der Waals surface area contributed by atoms with Gasteiger partial charge in [-0.1, -0.05) is 25.9 Å². The Morgan fingerprint density at radius 3 is 2.28 bits per heavy atom. The van der Waals surface area contributed by atoms with E-state index in [1.165, 1.54) is 0 Å². The van der Waals surface area contributed by atoms with Crippen molar-refractivity contribution in [3.05, 3.63) is 11.7 Å². The fourth-order valence-corrected chi connectivity index (χ4v) is 1.63. The van der Waals surface area contributed by atoms with Crippen molar-refractivity contribution in [2.75, 3.05) is 7.11 Å². The molecule has 0 radical (unpaired) electrons. The second kappa shape index (κ2) is 5.36. The minimum atomic E-state index is -0.162. The van der Waals surface area contributed by atoms with Crippen LogP contribution < -0.4 is 5.32 Å². The molecule has 0 spiro atoms. The van der Waals surface area contributed by atoms with E-state index in [9.17, 15) is 0 Å². The molecule has 0 saturated heterocycles. The summed E-state index contributed by atoms with van der Waals surface area (Å²) < 4.78 is 10.7. The SMILES string of the molecule is COC(c1noc(CNC(C)(C)C)n1)C(C)(C)C. The van der Waals surface area contributed by atoms with Crippen LogP contribution in [0.2, 0.25) is 0 Å². The normalized spacial score (nSPS) is 14.8. The minimum absolute atomic E-state index is 0.0271. The Morgan fingerprint density at radius 1 is 1.22 bits per heavy atom. The van der Waals surface area contributed by atoms with Gasteiger partial charge < -0.3 is 14.6 Å². The van der Waals surface area contributed by atoms with E-state index in [-0.39, 0.29) is 17.1 Å². The highest BCUT2D eigenvalue weighted by molar-refractivity contribution is 4.96. The molecular formula is C13H25N3O2. The van der Waals surface area contributed by atoms with Gasteiger partial charge in [0.2, 0.25) is 11.7 Å². The Hall–Kier alpha value is -0.940. The van der Waals surface area contributed by atoms with E-state index in [2.05, 4.69) is 57.0 Å². The Bertz CT molecular complexity index is 374. The van der Waals surface area contributed by atoms with Gasteiger partial charge in [0.05, 0.1) is 6.54 Å². The van der Waals surface area contributed by atoms with Crippen molar-refractivity contribution in [2.24, 2.45) is 5.41 Å². The van der Waals surface area contributed by atoms with Crippen molar-refractivity contribution >= 4 is 0 Å². The summed E-state index contributed by atoms with van der Waals surface area (Å²) in [6.07, 6.45) is -0.162. The highest BCUT2D eigenvalue weighted by atomic mass is 16.5. The van der Waals surface area contributed by atoms with Gasteiger partial charge in [-0.2, -0.15) is 4.98 Å². The molecule has 0 aliphatic carbocycles. The molecule has 18 heavy (non-hydrogen) atoms. The molecule has 1 N–H and O–H groups in total. The van der Waals surface area contributed by atoms with Crippen LogP contribution in [0.1, 0.15) is 59.4 Å². The molecule has 1 rings (SSSR count). The third-order valence-electron chi connectivity index (χ3n) is 2.51. The zero-order chi connectivity index (χ0) is 14.0. The molecule has 1 aromatic rings. The maximum atomic E-state index is 5.45. The van der Waals surface area contributed by atoms with Crippen LogP contribution in [0.5, 0.6) is 0 Å². The average Bonchev–Trinajstić information content (AvgIpc) is 2.61. The number of nitrogens with one attached hydrogen (secondary N) is 1. The van der Waals surface area contributed by atoms with Crippen molar-refractivity contribution in [1.82, 2.24) is 15.5 Å². The lowest BCUT2D eigenvalue weighted by Crippen LogP contribution is -2.35. The number of aromatic nitrogens is 2. The average molecular weight is 255 g/mol. The van der Waals surface area contributed by atoms with Crippen LogP contribution in [0.25, 0.3) is 0 Å². The number of nitrogens with zero attached hydrogens (tertiary/aromatic N) is 2. The molecule has 0 aliphatic rings. The van der Waals surface area contributed by atoms with Gasteiger partial charge in [-0.3, -0.25) is 0 Å². The van der Waals surface area contributed by atoms with Crippen molar-refractivity contribution < 1.29 is 9.26 Å². The number of hydrogen-bond acceptors (Lipinski definition) is 5. The van der Waals surface area contributed by atoms with E-state index in [1.807, 2.05) is 0 Å². The second-order valence-electron chi connectivity index (χ2n) is 6.63. The summed E-state index contributed by atoms with van der Waals surface area (Å²) in [5.41, 5.74) is -0.0351. The van der Waals surface area contributed by atoms with Crippen LogP contribution in [-0.2, 0) is 11.3 Å². The summed E-state index contributed by atoms with van der Waals surface area (Å²) in [7, 11) is 1.67. The molecule has 0 aliphatic heterocycles. The number of hydrogen-bond donors (Lipinski definition) is 1. The maximum Gasteiger partial charge on any atom is 0.240 e. The van der Waals surface area contributed by atoms with Crippen molar-refractivity contribution in [3.63, 3.8) is 0 Å². The summed E-state index contributed by atoms with van der Waals surface area (Å²) in [5, 5.41) is 7.31. The second-order valence-corrected chi connectivity index (χ2v) is 6.63. The van der Waals surface area contributed by atoms with Gasteiger partial charge in [-0.15, -0.1) is 0 Å². The van der Waals surface area contributed by atoms with Gasteiger partial charge in [-0.05, 0) is 26.2 Å². The lowest BCUT2D eigenvalue weighted by molar-refractivity contribution is 0.00718. The standard InChI is InChI=1S/C13H25N3O2/c1-12(2,3)10(17-7)11-15-9(18-16-11)8-14-13(4,5)6/h10,14H,8H2,1-7H3. The molecule has 104 valence electrons. The molecule has 1 unspecified atom stereocenters. The van der Waals surface area contributed by atoms with Crippen molar-refractivity contribution in [2.45, 2.75) is 59.7 Å². The first-order valence-corrected chi connectivity index (χ1v) is 6.24. The van der Waals surface area contributed by atoms with Gasteiger partial charge in [0.25, 0.3) is 0 Å². The molecule has 1 atom stereocenters. The predicted molar refractivity (Wildman–Crippen MR) is 70.1 cm³/mol. The van der Waals surface area contributed by atoms with E-state index in [0.29, 0.717) is 18.3 Å². The number of methoxy groups -OCH3 is 1. The van der Waals surface area contributed by atoms with E-state index in [4.69, 9.17) is 9.26 Å². The molecule has 5 nitrogen and oxygen atoms in total. The Labute approximate surface area is 109 Å². The molecule has 5 heteroatoms. The highest BCUT2D eigenvalue weighted by Gasteiger charge is 2.30. The van der Waals surface area contributed by atoms with Crippen LogP contribution in [0.3, 0.4) is 0 Å². The van der Waals surface area contributed by atoms with Crippen LogP contribution in [-0.4, -0.2) is 22.8 Å². The predicted octanol–water partition coefficient (Wildman–Crippen LogP) is 2.69. The van der Waals surface area contributed by atoms with E-state index in [1.54, 1.807) is 7.11 Å². The molecule has 1 aromatic heterocycles. The van der Waals surface area contributed by atoms with E-state index < -0.39 is 0 Å². The van der Waals surface area contributed by atoms with Gasteiger partial charge in [-0.25, -0.2) is 0 Å². The molecule has 0 aromatic carbocycles. The summed E-state index contributed by atoms with van der Waals surface area (Å²) in [5.74, 6) is 1.20. The Kier molecular flexibility index (Phi) is 4.50. The molecular weight excluding hydrogens is 230 g/mol. The topological polar surface area (TPSA) is 60.2 Å². The lowest BCUT2D eigenvalue weighted by atomic mass is 9.88. The zero-order valence-corrected chi connectivity index (χ0v) is 12.5. The molecule has 0 saturated carbocycles. The monoisotopic (exact) mass is 255 g/mol. The van der Waals surface area contributed by atoms with Crippen molar-refractivity contribution in [3.8, 4) is 0 Å². The third kappa shape index (κ3) is 4.38. The fraction of sp³-hybridized carbons (Fsp3) is 0.846. The van der Waals surface area contributed by atoms with Gasteiger partial charge in [0.15, 0.2) is 0 Å². The van der Waals surface area contributed by atoms with Gasteiger partial charge in [0.1, 0.15) is 6.10 Å². The van der Waals surface area contributed by atoms with Gasteiger partial charge in [0, 0.05) is 12.6 Å². The summed E-state index contributed by atoms with van der Waals surface area (Å²) >= 11 is 0. The largest absolute Gasteiger partial charge is 0.373 e. The summed E-state index contributed by atoms with van der Waals surface area (Å²) in [6.45, 7) is 13.1. The first kappa shape index (κ1) is 15.1.